The van der Waals surface area contributed by atoms with Crippen LogP contribution in [0.15, 0.2) is 18.5 Å². The Hall–Kier alpha value is -1.58. The number of carbonyl (C=O) groups is 1. The Morgan fingerprint density at radius 1 is 1.62 bits per heavy atom. The highest BCUT2D eigenvalue weighted by Gasteiger charge is 2.20. The van der Waals surface area contributed by atoms with Gasteiger partial charge < -0.3 is 10.0 Å². The van der Waals surface area contributed by atoms with Crippen molar-refractivity contribution in [2.75, 3.05) is 18.0 Å². The van der Waals surface area contributed by atoms with E-state index >= 15 is 0 Å². The van der Waals surface area contributed by atoms with Crippen molar-refractivity contribution in [2.24, 2.45) is 5.92 Å². The summed E-state index contributed by atoms with van der Waals surface area (Å²) in [4.78, 5) is 17.1. The number of aromatic nitrogens is 1. The van der Waals surface area contributed by atoms with Crippen LogP contribution < -0.4 is 4.90 Å². The molecule has 4 heteroatoms. The number of carboxylic acids is 1. The van der Waals surface area contributed by atoms with Crippen LogP contribution in [-0.4, -0.2) is 29.1 Å². The van der Waals surface area contributed by atoms with Crippen molar-refractivity contribution < 1.29 is 9.90 Å². The summed E-state index contributed by atoms with van der Waals surface area (Å²) in [5.41, 5.74) is 1.10. The molecule has 0 saturated carbocycles. The van der Waals surface area contributed by atoms with Gasteiger partial charge >= 0.3 is 5.97 Å². The minimum absolute atomic E-state index is 0.302. The molecule has 2 rings (SSSR count). The monoisotopic (exact) mass is 220 g/mol. The van der Waals surface area contributed by atoms with Crippen LogP contribution in [0, 0.1) is 5.92 Å². The number of carboxylic acid groups (broad SMARTS) is 1. The van der Waals surface area contributed by atoms with Gasteiger partial charge in [0.25, 0.3) is 0 Å². The van der Waals surface area contributed by atoms with E-state index in [2.05, 4.69) is 16.8 Å². The molecule has 86 valence electrons. The van der Waals surface area contributed by atoms with Gasteiger partial charge in [-0.05, 0) is 24.8 Å². The number of hydrogen-bond acceptors (Lipinski definition) is 3. The van der Waals surface area contributed by atoms with Gasteiger partial charge in [-0.25, -0.2) is 4.79 Å². The van der Waals surface area contributed by atoms with Gasteiger partial charge in [-0.1, -0.05) is 6.92 Å². The summed E-state index contributed by atoms with van der Waals surface area (Å²) >= 11 is 0. The molecule has 1 N–H and O–H groups in total. The van der Waals surface area contributed by atoms with E-state index in [0.717, 1.165) is 25.2 Å². The number of pyridine rings is 1. The predicted octanol–water partition coefficient (Wildman–Crippen LogP) is 2.02. The fraction of sp³-hybridized carbons (Fsp3) is 0.500. The molecule has 1 fully saturated rings. The Labute approximate surface area is 94.9 Å². The average molecular weight is 220 g/mol. The van der Waals surface area contributed by atoms with E-state index in [9.17, 15) is 4.79 Å². The van der Waals surface area contributed by atoms with Crippen molar-refractivity contribution in [3.05, 3.63) is 24.0 Å². The van der Waals surface area contributed by atoms with Crippen LogP contribution in [0.1, 0.15) is 30.1 Å². The van der Waals surface area contributed by atoms with Crippen molar-refractivity contribution in [3.63, 3.8) is 0 Å². The molecule has 0 bridgehead atoms. The molecule has 1 aliphatic rings. The number of rotatable bonds is 2. The Morgan fingerprint density at radius 2 is 2.44 bits per heavy atom. The van der Waals surface area contributed by atoms with E-state index in [-0.39, 0.29) is 0 Å². The zero-order valence-corrected chi connectivity index (χ0v) is 9.39. The fourth-order valence-corrected chi connectivity index (χ4v) is 2.24. The molecule has 1 aliphatic heterocycles. The van der Waals surface area contributed by atoms with Crippen LogP contribution in [0.25, 0.3) is 0 Å². The number of piperidine rings is 1. The maximum absolute atomic E-state index is 11.1. The first kappa shape index (κ1) is 10.9. The lowest BCUT2D eigenvalue weighted by molar-refractivity contribution is 0.0697. The zero-order valence-electron chi connectivity index (χ0n) is 9.39. The smallest absolute Gasteiger partial charge is 0.339 e. The predicted molar refractivity (Wildman–Crippen MR) is 61.8 cm³/mol. The molecule has 0 spiro atoms. The SMILES string of the molecule is C[C@H]1CCCN(c2ccncc2C(=O)O)C1. The summed E-state index contributed by atoms with van der Waals surface area (Å²) in [6, 6.07) is 1.79. The summed E-state index contributed by atoms with van der Waals surface area (Å²) in [5, 5.41) is 9.10. The summed E-state index contributed by atoms with van der Waals surface area (Å²) in [6.45, 7) is 4.08. The van der Waals surface area contributed by atoms with Crippen LogP contribution in [0.2, 0.25) is 0 Å². The molecular formula is C12H16N2O2. The third kappa shape index (κ3) is 2.15. The molecule has 16 heavy (non-hydrogen) atoms. The first-order chi connectivity index (χ1) is 7.68. The normalized spacial score (nSPS) is 20.8. The highest BCUT2D eigenvalue weighted by atomic mass is 16.4. The van der Waals surface area contributed by atoms with Gasteiger partial charge in [-0.15, -0.1) is 0 Å². The minimum atomic E-state index is -0.902. The van der Waals surface area contributed by atoms with E-state index < -0.39 is 5.97 Å². The number of anilines is 1. The molecule has 0 amide bonds. The van der Waals surface area contributed by atoms with Crippen LogP contribution in [0.4, 0.5) is 5.69 Å². The largest absolute Gasteiger partial charge is 0.478 e. The van der Waals surface area contributed by atoms with Crippen LogP contribution in [-0.2, 0) is 0 Å². The van der Waals surface area contributed by atoms with Crippen LogP contribution in [0.3, 0.4) is 0 Å². The Kier molecular flexibility index (Phi) is 3.08. The number of hydrogen-bond donors (Lipinski definition) is 1. The second-order valence-corrected chi connectivity index (χ2v) is 4.39. The van der Waals surface area contributed by atoms with Gasteiger partial charge in [-0.3, -0.25) is 4.98 Å². The summed E-state index contributed by atoms with van der Waals surface area (Å²) in [7, 11) is 0. The molecule has 0 radical (unpaired) electrons. The fourth-order valence-electron chi connectivity index (χ4n) is 2.24. The van der Waals surface area contributed by atoms with Gasteiger partial charge in [0.2, 0.25) is 0 Å². The van der Waals surface area contributed by atoms with Crippen molar-refractivity contribution in [1.29, 1.82) is 0 Å². The highest BCUT2D eigenvalue weighted by molar-refractivity contribution is 5.94. The maximum Gasteiger partial charge on any atom is 0.339 e. The standard InChI is InChI=1S/C12H16N2O2/c1-9-3-2-6-14(8-9)11-4-5-13-7-10(11)12(15)16/h4-5,7,9H,2-3,6,8H2,1H3,(H,15,16)/t9-/m0/s1. The van der Waals surface area contributed by atoms with Crippen molar-refractivity contribution in [2.45, 2.75) is 19.8 Å². The molecule has 1 atom stereocenters. The zero-order chi connectivity index (χ0) is 11.5. The van der Waals surface area contributed by atoms with Crippen molar-refractivity contribution >= 4 is 11.7 Å². The third-order valence-corrected chi connectivity index (χ3v) is 3.03. The topological polar surface area (TPSA) is 53.4 Å². The van der Waals surface area contributed by atoms with E-state index in [4.69, 9.17) is 5.11 Å². The molecule has 1 aromatic heterocycles. The van der Waals surface area contributed by atoms with Crippen molar-refractivity contribution in [3.8, 4) is 0 Å². The van der Waals surface area contributed by atoms with E-state index in [1.165, 1.54) is 12.6 Å². The van der Waals surface area contributed by atoms with E-state index in [0.29, 0.717) is 11.5 Å². The molecule has 2 heterocycles. The molecule has 0 unspecified atom stereocenters. The van der Waals surface area contributed by atoms with Gasteiger partial charge in [0.1, 0.15) is 5.56 Å². The van der Waals surface area contributed by atoms with Crippen LogP contribution >= 0.6 is 0 Å². The van der Waals surface area contributed by atoms with Crippen LogP contribution in [0.5, 0.6) is 0 Å². The van der Waals surface area contributed by atoms with Gasteiger partial charge in [-0.2, -0.15) is 0 Å². The third-order valence-electron chi connectivity index (χ3n) is 3.03. The van der Waals surface area contributed by atoms with Gasteiger partial charge in [0.05, 0.1) is 5.69 Å². The first-order valence-electron chi connectivity index (χ1n) is 5.60. The maximum atomic E-state index is 11.1. The Morgan fingerprint density at radius 3 is 3.12 bits per heavy atom. The van der Waals surface area contributed by atoms with Gasteiger partial charge in [0, 0.05) is 25.5 Å². The quantitative estimate of drug-likeness (QED) is 0.828. The Balaban J connectivity index is 2.28. The number of aromatic carboxylic acids is 1. The molecular weight excluding hydrogens is 204 g/mol. The lowest BCUT2D eigenvalue weighted by atomic mass is 9.99. The second-order valence-electron chi connectivity index (χ2n) is 4.39. The van der Waals surface area contributed by atoms with E-state index in [1.807, 2.05) is 0 Å². The Bertz CT molecular complexity index is 392. The molecule has 4 nitrogen and oxygen atoms in total. The molecule has 1 aromatic rings. The summed E-state index contributed by atoms with van der Waals surface area (Å²) < 4.78 is 0. The first-order valence-corrected chi connectivity index (χ1v) is 5.60. The highest BCUT2D eigenvalue weighted by Crippen LogP contribution is 2.25. The lowest BCUT2D eigenvalue weighted by Crippen LogP contribution is -2.35. The average Bonchev–Trinajstić information content (AvgIpc) is 2.29. The molecule has 0 aromatic carbocycles. The summed E-state index contributed by atoms with van der Waals surface area (Å²) in [5.74, 6) is -0.273. The second kappa shape index (κ2) is 4.51. The summed E-state index contributed by atoms with van der Waals surface area (Å²) in [6.07, 6.45) is 5.44. The van der Waals surface area contributed by atoms with Crippen molar-refractivity contribution in [1.82, 2.24) is 4.98 Å². The molecule has 0 aliphatic carbocycles. The lowest BCUT2D eigenvalue weighted by Gasteiger charge is -2.33. The number of nitrogens with zero attached hydrogens (tertiary/aromatic N) is 2. The van der Waals surface area contributed by atoms with E-state index in [1.54, 1.807) is 12.3 Å². The van der Waals surface area contributed by atoms with Gasteiger partial charge in [0.15, 0.2) is 0 Å². The minimum Gasteiger partial charge on any atom is -0.478 e. The molecule has 1 saturated heterocycles.